The Bertz CT molecular complexity index is 380. The number of nitrogens with zero attached hydrogens (tertiary/aromatic N) is 1. The van der Waals surface area contributed by atoms with Gasteiger partial charge in [0.25, 0.3) is 0 Å². The van der Waals surface area contributed by atoms with Gasteiger partial charge < -0.3 is 14.4 Å². The van der Waals surface area contributed by atoms with Crippen LogP contribution in [-0.2, 0) is 6.54 Å². The van der Waals surface area contributed by atoms with Gasteiger partial charge in [-0.25, -0.2) is 0 Å². The molecule has 1 rings (SSSR count). The van der Waals surface area contributed by atoms with E-state index in [1.165, 1.54) is 0 Å². The number of carbonyl (C=O) groups is 1. The van der Waals surface area contributed by atoms with Gasteiger partial charge in [-0.1, -0.05) is 0 Å². The molecule has 0 N–H and O–H groups in total. The van der Waals surface area contributed by atoms with E-state index in [0.717, 1.165) is 11.8 Å². The van der Waals surface area contributed by atoms with Crippen molar-refractivity contribution in [3.63, 3.8) is 0 Å². The predicted molar refractivity (Wildman–Crippen MR) is 69.6 cm³/mol. The molecular formula is C12H18ClNO3. The number of hydrogen-bond donors (Lipinski definition) is 0. The first kappa shape index (κ1) is 15.7. The highest BCUT2D eigenvalue weighted by Gasteiger charge is 2.12. The van der Waals surface area contributed by atoms with Gasteiger partial charge in [0, 0.05) is 17.7 Å². The van der Waals surface area contributed by atoms with E-state index in [4.69, 9.17) is 9.47 Å². The largest absolute Gasteiger partial charge is 0.493 e. The van der Waals surface area contributed by atoms with Gasteiger partial charge in [0.1, 0.15) is 6.29 Å². The zero-order valence-corrected chi connectivity index (χ0v) is 11.3. The van der Waals surface area contributed by atoms with Gasteiger partial charge in [0.2, 0.25) is 0 Å². The highest BCUT2D eigenvalue weighted by Crippen LogP contribution is 2.32. The molecule has 0 aliphatic carbocycles. The van der Waals surface area contributed by atoms with Crippen LogP contribution in [0.2, 0.25) is 0 Å². The summed E-state index contributed by atoms with van der Waals surface area (Å²) in [6.45, 7) is 0.696. The fourth-order valence-corrected chi connectivity index (χ4v) is 1.59. The molecule has 0 aliphatic heterocycles. The average molecular weight is 260 g/mol. The highest BCUT2D eigenvalue weighted by atomic mass is 35.5. The summed E-state index contributed by atoms with van der Waals surface area (Å²) < 4.78 is 10.5. The SMILES string of the molecule is COc1cc(C=O)cc(CN(C)C)c1OC.Cl. The molecule has 0 saturated heterocycles. The molecule has 0 saturated carbocycles. The van der Waals surface area contributed by atoms with Gasteiger partial charge in [0.15, 0.2) is 11.5 Å². The standard InChI is InChI=1S/C12H17NO3.ClH/c1-13(2)7-10-5-9(8-14)6-11(15-3)12(10)16-4;/h5-6,8H,7H2,1-4H3;1H. The normalized spacial score (nSPS) is 9.71. The second-order valence-corrected chi connectivity index (χ2v) is 3.77. The van der Waals surface area contributed by atoms with Crippen LogP contribution in [0.1, 0.15) is 15.9 Å². The summed E-state index contributed by atoms with van der Waals surface area (Å²) in [5.74, 6) is 1.27. The number of hydrogen-bond acceptors (Lipinski definition) is 4. The van der Waals surface area contributed by atoms with E-state index in [2.05, 4.69) is 0 Å². The molecule has 1 aromatic rings. The zero-order chi connectivity index (χ0) is 12.1. The number of rotatable bonds is 5. The molecule has 4 nitrogen and oxygen atoms in total. The lowest BCUT2D eigenvalue weighted by Gasteiger charge is -2.16. The minimum absolute atomic E-state index is 0. The van der Waals surface area contributed by atoms with E-state index in [-0.39, 0.29) is 12.4 Å². The first-order chi connectivity index (χ1) is 7.62. The number of carbonyl (C=O) groups excluding carboxylic acids is 1. The van der Waals surface area contributed by atoms with E-state index >= 15 is 0 Å². The minimum Gasteiger partial charge on any atom is -0.493 e. The Balaban J connectivity index is 0.00000256. The Kier molecular flexibility index (Phi) is 6.61. The van der Waals surface area contributed by atoms with E-state index in [1.54, 1.807) is 20.3 Å². The molecule has 0 heterocycles. The van der Waals surface area contributed by atoms with Crippen molar-refractivity contribution in [2.24, 2.45) is 0 Å². The van der Waals surface area contributed by atoms with Crippen molar-refractivity contribution in [1.82, 2.24) is 4.90 Å². The van der Waals surface area contributed by atoms with Crippen LogP contribution in [0, 0.1) is 0 Å². The van der Waals surface area contributed by atoms with Crippen LogP contribution in [0.15, 0.2) is 12.1 Å². The van der Waals surface area contributed by atoms with Crippen molar-refractivity contribution < 1.29 is 14.3 Å². The number of aldehydes is 1. The van der Waals surface area contributed by atoms with Gasteiger partial charge in [-0.3, -0.25) is 4.79 Å². The lowest BCUT2D eigenvalue weighted by Crippen LogP contribution is -2.12. The molecule has 0 aliphatic rings. The molecule has 17 heavy (non-hydrogen) atoms. The molecule has 0 spiro atoms. The summed E-state index contributed by atoms with van der Waals surface area (Å²) in [5.41, 5.74) is 1.53. The van der Waals surface area contributed by atoms with Crippen molar-refractivity contribution in [1.29, 1.82) is 0 Å². The zero-order valence-electron chi connectivity index (χ0n) is 10.5. The third kappa shape index (κ3) is 3.91. The van der Waals surface area contributed by atoms with Crippen LogP contribution in [0.3, 0.4) is 0 Å². The van der Waals surface area contributed by atoms with Crippen molar-refractivity contribution in [2.75, 3.05) is 28.3 Å². The maximum Gasteiger partial charge on any atom is 0.165 e. The first-order valence-electron chi connectivity index (χ1n) is 4.97. The van der Waals surface area contributed by atoms with Gasteiger partial charge >= 0.3 is 0 Å². The number of halogens is 1. The van der Waals surface area contributed by atoms with Crippen LogP contribution in [0.25, 0.3) is 0 Å². The molecule has 0 unspecified atom stereocenters. The maximum atomic E-state index is 10.8. The van der Waals surface area contributed by atoms with Gasteiger partial charge in [-0.15, -0.1) is 12.4 Å². The number of benzene rings is 1. The van der Waals surface area contributed by atoms with Crippen molar-refractivity contribution in [3.8, 4) is 11.5 Å². The quantitative estimate of drug-likeness (QED) is 0.759. The first-order valence-corrected chi connectivity index (χ1v) is 4.97. The molecule has 0 aromatic heterocycles. The van der Waals surface area contributed by atoms with Crippen LogP contribution in [-0.4, -0.2) is 39.5 Å². The molecule has 0 bridgehead atoms. The Morgan fingerprint density at radius 3 is 2.29 bits per heavy atom. The summed E-state index contributed by atoms with van der Waals surface area (Å²) in [7, 11) is 7.07. The van der Waals surface area contributed by atoms with Gasteiger partial charge in [0.05, 0.1) is 14.2 Å². The fraction of sp³-hybridized carbons (Fsp3) is 0.417. The van der Waals surface area contributed by atoms with Crippen LogP contribution < -0.4 is 9.47 Å². The molecule has 5 heteroatoms. The molecule has 1 aromatic carbocycles. The Hall–Kier alpha value is -1.26. The molecular weight excluding hydrogens is 242 g/mol. The molecule has 0 amide bonds. The summed E-state index contributed by atoms with van der Waals surface area (Å²) in [5, 5.41) is 0. The topological polar surface area (TPSA) is 38.8 Å². The lowest BCUT2D eigenvalue weighted by molar-refractivity contribution is 0.112. The van der Waals surface area contributed by atoms with Crippen LogP contribution in [0.4, 0.5) is 0 Å². The monoisotopic (exact) mass is 259 g/mol. The summed E-state index contributed by atoms with van der Waals surface area (Å²) in [4.78, 5) is 12.8. The summed E-state index contributed by atoms with van der Waals surface area (Å²) in [6.07, 6.45) is 0.807. The second kappa shape index (κ2) is 7.14. The summed E-state index contributed by atoms with van der Waals surface area (Å²) in [6, 6.07) is 3.49. The molecule has 0 radical (unpaired) electrons. The highest BCUT2D eigenvalue weighted by molar-refractivity contribution is 5.85. The Morgan fingerprint density at radius 2 is 1.88 bits per heavy atom. The number of ether oxygens (including phenoxy) is 2. The van der Waals surface area contributed by atoms with Gasteiger partial charge in [-0.2, -0.15) is 0 Å². The van der Waals surface area contributed by atoms with E-state index < -0.39 is 0 Å². The van der Waals surface area contributed by atoms with E-state index in [0.29, 0.717) is 23.6 Å². The summed E-state index contributed by atoms with van der Waals surface area (Å²) >= 11 is 0. The van der Waals surface area contributed by atoms with Gasteiger partial charge in [-0.05, 0) is 26.2 Å². The Morgan fingerprint density at radius 1 is 1.24 bits per heavy atom. The van der Waals surface area contributed by atoms with Crippen molar-refractivity contribution in [2.45, 2.75) is 6.54 Å². The molecule has 0 fully saturated rings. The average Bonchev–Trinajstić information content (AvgIpc) is 2.27. The van der Waals surface area contributed by atoms with E-state index in [9.17, 15) is 4.79 Å². The van der Waals surface area contributed by atoms with Crippen LogP contribution in [0.5, 0.6) is 11.5 Å². The molecule has 96 valence electrons. The maximum absolute atomic E-state index is 10.8. The van der Waals surface area contributed by atoms with Crippen molar-refractivity contribution >= 4 is 18.7 Å². The lowest BCUT2D eigenvalue weighted by atomic mass is 10.1. The van der Waals surface area contributed by atoms with Crippen LogP contribution >= 0.6 is 12.4 Å². The second-order valence-electron chi connectivity index (χ2n) is 3.77. The third-order valence-electron chi connectivity index (χ3n) is 2.20. The Labute approximate surface area is 108 Å². The predicted octanol–water partition coefficient (Wildman–Crippen LogP) is 2.00. The molecule has 0 atom stereocenters. The smallest absolute Gasteiger partial charge is 0.165 e. The van der Waals surface area contributed by atoms with E-state index in [1.807, 2.05) is 25.1 Å². The third-order valence-corrected chi connectivity index (χ3v) is 2.20. The fourth-order valence-electron chi connectivity index (χ4n) is 1.59. The van der Waals surface area contributed by atoms with Crippen molar-refractivity contribution in [3.05, 3.63) is 23.3 Å². The minimum atomic E-state index is 0. The number of methoxy groups -OCH3 is 2.